The summed E-state index contributed by atoms with van der Waals surface area (Å²) in [4.78, 5) is 9.96. The molecule has 0 aliphatic rings. The summed E-state index contributed by atoms with van der Waals surface area (Å²) in [5.41, 5.74) is 0. The molecule has 0 aromatic rings. The maximum Gasteiger partial charge on any atom is 0.353 e. The van der Waals surface area contributed by atoms with Crippen LogP contribution < -0.4 is 0 Å². The van der Waals surface area contributed by atoms with Gasteiger partial charge in [0.25, 0.3) is 0 Å². The van der Waals surface area contributed by atoms with Crippen LogP contribution in [0.1, 0.15) is 0 Å². The average Bonchev–Trinajstić information content (AvgIpc) is 2.00. The molecule has 0 radical (unpaired) electrons. The van der Waals surface area contributed by atoms with E-state index in [1.54, 1.807) is 0 Å². The second-order valence-corrected chi connectivity index (χ2v) is 3.67. The van der Waals surface area contributed by atoms with Gasteiger partial charge in [-0.2, -0.15) is 0 Å². The minimum atomic E-state index is -3.30. The lowest BCUT2D eigenvalue weighted by Crippen LogP contribution is -1.89. The van der Waals surface area contributed by atoms with E-state index >= 15 is 0 Å². The number of rotatable bonds is 4. The molecule has 11 heavy (non-hydrogen) atoms. The zero-order valence-corrected chi connectivity index (χ0v) is 7.08. The Morgan fingerprint density at radius 2 is 1.91 bits per heavy atom. The van der Waals surface area contributed by atoms with Crippen molar-refractivity contribution in [3.63, 3.8) is 0 Å². The van der Waals surface area contributed by atoms with Crippen LogP contribution in [0.3, 0.4) is 0 Å². The van der Waals surface area contributed by atoms with E-state index in [9.17, 15) is 9.36 Å². The molecule has 6 heteroatoms. The molecule has 0 spiro atoms. The van der Waals surface area contributed by atoms with Crippen LogP contribution in [0.15, 0.2) is 11.9 Å². The fourth-order valence-electron chi connectivity index (χ4n) is 0.351. The molecule has 0 amide bonds. The molecule has 5 nitrogen and oxygen atoms in total. The molecule has 0 heterocycles. The third-order valence-corrected chi connectivity index (χ3v) is 2.44. The Labute approximate surface area is 64.2 Å². The average molecular weight is 180 g/mol. The molecule has 0 aromatic heterocycles. The van der Waals surface area contributed by atoms with Gasteiger partial charge in [-0.05, 0) is 0 Å². The summed E-state index contributed by atoms with van der Waals surface area (Å²) in [5, 5.41) is 8.15. The largest absolute Gasteiger partial charge is 0.478 e. The van der Waals surface area contributed by atoms with E-state index in [1.807, 2.05) is 0 Å². The van der Waals surface area contributed by atoms with Gasteiger partial charge in [-0.15, -0.1) is 0 Å². The standard InChI is InChI=1S/C5H9O5P/c1-9-11(8,10-2)4-3-5(6)7/h3-4H,1-2H3,(H,6,7)/b4-3+. The highest BCUT2D eigenvalue weighted by Gasteiger charge is 2.15. The van der Waals surface area contributed by atoms with Gasteiger partial charge in [0.1, 0.15) is 0 Å². The van der Waals surface area contributed by atoms with Gasteiger partial charge in [-0.3, -0.25) is 4.57 Å². The summed E-state index contributed by atoms with van der Waals surface area (Å²) >= 11 is 0. The molecule has 0 saturated carbocycles. The number of aliphatic carboxylic acids is 1. The zero-order valence-electron chi connectivity index (χ0n) is 6.18. The Morgan fingerprint density at radius 1 is 1.45 bits per heavy atom. The molecule has 64 valence electrons. The van der Waals surface area contributed by atoms with Gasteiger partial charge in [0.05, 0.1) is 0 Å². The number of carbonyl (C=O) groups is 1. The summed E-state index contributed by atoms with van der Waals surface area (Å²) < 4.78 is 19.9. The summed E-state index contributed by atoms with van der Waals surface area (Å²) in [6.07, 6.45) is 0.716. The van der Waals surface area contributed by atoms with Crippen LogP contribution >= 0.6 is 7.60 Å². The second kappa shape index (κ2) is 4.28. The number of carboxylic acids is 1. The minimum Gasteiger partial charge on any atom is -0.478 e. The van der Waals surface area contributed by atoms with Crippen molar-refractivity contribution in [2.45, 2.75) is 0 Å². The molecule has 0 rings (SSSR count). The molecule has 0 saturated heterocycles. The summed E-state index contributed by atoms with van der Waals surface area (Å²) in [7, 11) is -0.942. The Morgan fingerprint density at radius 3 is 2.18 bits per heavy atom. The normalized spacial score (nSPS) is 12.2. The third-order valence-electron chi connectivity index (χ3n) is 0.909. The first-order valence-electron chi connectivity index (χ1n) is 2.67. The number of hydrogen-bond acceptors (Lipinski definition) is 4. The monoisotopic (exact) mass is 180 g/mol. The van der Waals surface area contributed by atoms with Crippen molar-refractivity contribution in [2.24, 2.45) is 0 Å². The minimum absolute atomic E-state index is 0.716. The van der Waals surface area contributed by atoms with Crippen LogP contribution in [-0.4, -0.2) is 25.3 Å². The molecular weight excluding hydrogens is 171 g/mol. The van der Waals surface area contributed by atoms with Gasteiger partial charge in [0.15, 0.2) is 0 Å². The lowest BCUT2D eigenvalue weighted by Gasteiger charge is -2.06. The summed E-state index contributed by atoms with van der Waals surface area (Å²) in [5.74, 6) is -0.311. The van der Waals surface area contributed by atoms with Crippen LogP contribution in [0.5, 0.6) is 0 Å². The molecule has 0 aliphatic heterocycles. The van der Waals surface area contributed by atoms with Crippen molar-refractivity contribution in [3.05, 3.63) is 11.9 Å². The Bertz CT molecular complexity index is 201. The van der Waals surface area contributed by atoms with Crippen molar-refractivity contribution in [1.29, 1.82) is 0 Å². The first kappa shape index (κ1) is 10.4. The van der Waals surface area contributed by atoms with E-state index in [0.29, 0.717) is 6.08 Å². The summed E-state index contributed by atoms with van der Waals surface area (Å²) in [6.45, 7) is 0. The molecule has 0 aliphatic carbocycles. The zero-order chi connectivity index (χ0) is 8.91. The Kier molecular flexibility index (Phi) is 4.03. The third kappa shape index (κ3) is 3.93. The van der Waals surface area contributed by atoms with E-state index in [-0.39, 0.29) is 0 Å². The van der Waals surface area contributed by atoms with Crippen LogP contribution in [0.2, 0.25) is 0 Å². The molecule has 1 N–H and O–H groups in total. The van der Waals surface area contributed by atoms with Crippen molar-refractivity contribution in [1.82, 2.24) is 0 Å². The van der Waals surface area contributed by atoms with Gasteiger partial charge in [0, 0.05) is 26.1 Å². The molecule has 0 unspecified atom stereocenters. The first-order valence-corrected chi connectivity index (χ1v) is 4.28. The van der Waals surface area contributed by atoms with Crippen LogP contribution in [-0.2, 0) is 18.4 Å². The van der Waals surface area contributed by atoms with Crippen molar-refractivity contribution < 1.29 is 23.5 Å². The predicted molar refractivity (Wildman–Crippen MR) is 38.4 cm³/mol. The van der Waals surface area contributed by atoms with E-state index in [1.165, 1.54) is 14.2 Å². The number of hydrogen-bond donors (Lipinski definition) is 1. The SMILES string of the molecule is COP(=O)(/C=C/C(=O)O)OC. The maximum atomic E-state index is 11.1. The molecular formula is C5H9O5P. The van der Waals surface area contributed by atoms with E-state index in [0.717, 1.165) is 5.82 Å². The number of carboxylic acid groups (broad SMARTS) is 1. The second-order valence-electron chi connectivity index (χ2n) is 1.56. The van der Waals surface area contributed by atoms with Gasteiger partial charge in [0.2, 0.25) is 0 Å². The maximum absolute atomic E-state index is 11.1. The fourth-order valence-corrected chi connectivity index (χ4v) is 1.05. The van der Waals surface area contributed by atoms with Crippen LogP contribution in [0.4, 0.5) is 0 Å². The lowest BCUT2D eigenvalue weighted by molar-refractivity contribution is -0.131. The quantitative estimate of drug-likeness (QED) is 0.517. The van der Waals surface area contributed by atoms with Crippen molar-refractivity contribution in [3.8, 4) is 0 Å². The molecule has 0 fully saturated rings. The van der Waals surface area contributed by atoms with Crippen LogP contribution in [0, 0.1) is 0 Å². The highest BCUT2D eigenvalue weighted by Crippen LogP contribution is 2.47. The topological polar surface area (TPSA) is 72.8 Å². The van der Waals surface area contributed by atoms with E-state index < -0.39 is 13.6 Å². The van der Waals surface area contributed by atoms with E-state index in [2.05, 4.69) is 9.05 Å². The van der Waals surface area contributed by atoms with Crippen molar-refractivity contribution in [2.75, 3.05) is 14.2 Å². The van der Waals surface area contributed by atoms with E-state index in [4.69, 9.17) is 5.11 Å². The molecule has 0 bridgehead atoms. The van der Waals surface area contributed by atoms with Crippen molar-refractivity contribution >= 4 is 13.6 Å². The Balaban J connectivity index is 4.31. The van der Waals surface area contributed by atoms with Gasteiger partial charge >= 0.3 is 13.6 Å². The van der Waals surface area contributed by atoms with Gasteiger partial charge < -0.3 is 14.2 Å². The predicted octanol–water partition coefficient (Wildman–Crippen LogP) is 1.07. The molecule has 0 atom stereocenters. The molecule has 0 aromatic carbocycles. The van der Waals surface area contributed by atoms with Gasteiger partial charge in [-0.25, -0.2) is 4.79 Å². The fraction of sp³-hybridized carbons (Fsp3) is 0.400. The van der Waals surface area contributed by atoms with Gasteiger partial charge in [-0.1, -0.05) is 0 Å². The van der Waals surface area contributed by atoms with Crippen LogP contribution in [0.25, 0.3) is 0 Å². The summed E-state index contributed by atoms with van der Waals surface area (Å²) in [6, 6.07) is 0. The lowest BCUT2D eigenvalue weighted by atomic mass is 10.7. The highest BCUT2D eigenvalue weighted by atomic mass is 31.2. The highest BCUT2D eigenvalue weighted by molar-refractivity contribution is 7.57. The smallest absolute Gasteiger partial charge is 0.353 e. The Hall–Kier alpha value is -0.640. The first-order chi connectivity index (χ1) is 5.04.